The van der Waals surface area contributed by atoms with Crippen LogP contribution in [0, 0.1) is 0 Å². The van der Waals surface area contributed by atoms with Crippen LogP contribution >= 0.6 is 11.3 Å². The van der Waals surface area contributed by atoms with Gasteiger partial charge in [-0.3, -0.25) is 4.79 Å². The number of amides is 2. The number of benzene rings is 2. The minimum atomic E-state index is -4.80. The van der Waals surface area contributed by atoms with Crippen LogP contribution in [0.15, 0.2) is 52.8 Å². The Morgan fingerprint density at radius 3 is 2.35 bits per heavy atom. The van der Waals surface area contributed by atoms with Gasteiger partial charge < -0.3 is 28.8 Å². The lowest BCUT2D eigenvalue weighted by Gasteiger charge is -2.12. The zero-order chi connectivity index (χ0) is 27.0. The van der Waals surface area contributed by atoms with Crippen LogP contribution in [0.2, 0.25) is 0 Å². The fraction of sp³-hybridized carbons (Fsp3) is 0.292. The third kappa shape index (κ3) is 7.49. The lowest BCUT2D eigenvalue weighted by atomic mass is 10.1. The molecule has 1 aromatic heterocycles. The van der Waals surface area contributed by atoms with E-state index in [0.717, 1.165) is 0 Å². The van der Waals surface area contributed by atoms with E-state index in [4.69, 9.17) is 9.47 Å². The SMILES string of the molecule is COC(=O)NCCCn1c(-c2ccc(OC(F)(F)F)cc2)csc1=NC(=O)c1ccc(OC)cc1OC. The minimum Gasteiger partial charge on any atom is -0.497 e. The van der Waals surface area contributed by atoms with Crippen LogP contribution in [-0.2, 0) is 11.3 Å². The molecule has 0 aliphatic carbocycles. The van der Waals surface area contributed by atoms with Crippen LogP contribution in [-0.4, -0.2) is 50.8 Å². The lowest BCUT2D eigenvalue weighted by Crippen LogP contribution is -2.26. The Morgan fingerprint density at radius 1 is 1.03 bits per heavy atom. The van der Waals surface area contributed by atoms with Crippen molar-refractivity contribution in [1.82, 2.24) is 9.88 Å². The first-order chi connectivity index (χ1) is 17.6. The van der Waals surface area contributed by atoms with Gasteiger partial charge in [0, 0.05) is 24.5 Å². The minimum absolute atomic E-state index is 0.228. The molecule has 0 radical (unpaired) electrons. The Morgan fingerprint density at radius 2 is 1.73 bits per heavy atom. The Kier molecular flexibility index (Phi) is 9.17. The number of rotatable bonds is 9. The molecular formula is C24H24F3N3O6S. The first-order valence-electron chi connectivity index (χ1n) is 10.8. The molecule has 1 N–H and O–H groups in total. The van der Waals surface area contributed by atoms with Crippen molar-refractivity contribution in [1.29, 1.82) is 0 Å². The number of halogens is 3. The largest absolute Gasteiger partial charge is 0.573 e. The lowest BCUT2D eigenvalue weighted by molar-refractivity contribution is -0.274. The van der Waals surface area contributed by atoms with Crippen LogP contribution in [0.3, 0.4) is 0 Å². The molecule has 0 spiro atoms. The number of thiazole rings is 1. The first-order valence-corrected chi connectivity index (χ1v) is 11.7. The fourth-order valence-corrected chi connectivity index (χ4v) is 4.25. The van der Waals surface area contributed by atoms with Gasteiger partial charge in [-0.15, -0.1) is 24.5 Å². The van der Waals surface area contributed by atoms with Gasteiger partial charge in [-0.2, -0.15) is 4.99 Å². The van der Waals surface area contributed by atoms with Gasteiger partial charge in [-0.05, 0) is 48.4 Å². The predicted molar refractivity (Wildman–Crippen MR) is 129 cm³/mol. The molecular weight excluding hydrogens is 515 g/mol. The van der Waals surface area contributed by atoms with E-state index in [1.54, 1.807) is 28.1 Å². The van der Waals surface area contributed by atoms with Gasteiger partial charge in [0.1, 0.15) is 17.2 Å². The van der Waals surface area contributed by atoms with Crippen LogP contribution < -0.4 is 24.3 Å². The number of aromatic nitrogens is 1. The maximum atomic E-state index is 13.0. The van der Waals surface area contributed by atoms with Crippen LogP contribution in [0.4, 0.5) is 18.0 Å². The van der Waals surface area contributed by atoms with Gasteiger partial charge in [-0.25, -0.2) is 4.79 Å². The molecule has 3 aromatic rings. The van der Waals surface area contributed by atoms with E-state index in [1.807, 2.05) is 0 Å². The maximum absolute atomic E-state index is 13.0. The maximum Gasteiger partial charge on any atom is 0.573 e. The number of nitrogens with zero attached hydrogens (tertiary/aromatic N) is 2. The van der Waals surface area contributed by atoms with E-state index in [-0.39, 0.29) is 17.9 Å². The van der Waals surface area contributed by atoms with Gasteiger partial charge in [-0.1, -0.05) is 0 Å². The summed E-state index contributed by atoms with van der Waals surface area (Å²) < 4.78 is 58.3. The van der Waals surface area contributed by atoms with Gasteiger partial charge in [0.25, 0.3) is 5.91 Å². The second-order valence-electron chi connectivity index (χ2n) is 7.38. The highest BCUT2D eigenvalue weighted by atomic mass is 32.1. The predicted octanol–water partition coefficient (Wildman–Crippen LogP) is 4.62. The molecule has 37 heavy (non-hydrogen) atoms. The van der Waals surface area contributed by atoms with Crippen LogP contribution in [0.1, 0.15) is 16.8 Å². The molecule has 0 saturated carbocycles. The topological polar surface area (TPSA) is 100 Å². The van der Waals surface area contributed by atoms with Crippen molar-refractivity contribution >= 4 is 23.3 Å². The molecule has 1 heterocycles. The molecule has 0 aliphatic rings. The van der Waals surface area contributed by atoms with Crippen molar-refractivity contribution in [3.8, 4) is 28.5 Å². The zero-order valence-corrected chi connectivity index (χ0v) is 20.9. The summed E-state index contributed by atoms with van der Waals surface area (Å²) >= 11 is 1.18. The highest BCUT2D eigenvalue weighted by Gasteiger charge is 2.31. The average molecular weight is 540 g/mol. The van der Waals surface area contributed by atoms with Crippen molar-refractivity contribution in [3.63, 3.8) is 0 Å². The summed E-state index contributed by atoms with van der Waals surface area (Å²) in [6.07, 6.45) is -4.92. The summed E-state index contributed by atoms with van der Waals surface area (Å²) in [5, 5.41) is 4.32. The molecule has 0 aliphatic heterocycles. The number of ether oxygens (including phenoxy) is 4. The number of carbonyl (C=O) groups is 2. The Bertz CT molecular complexity index is 1300. The van der Waals surface area contributed by atoms with Crippen molar-refractivity contribution in [2.75, 3.05) is 27.9 Å². The number of nitrogens with one attached hydrogen (secondary N) is 1. The Labute approximate surface area is 214 Å². The molecule has 2 aromatic carbocycles. The van der Waals surface area contributed by atoms with Crippen molar-refractivity contribution in [2.24, 2.45) is 4.99 Å². The number of methoxy groups -OCH3 is 3. The van der Waals surface area contributed by atoms with Crippen molar-refractivity contribution in [3.05, 3.63) is 58.2 Å². The van der Waals surface area contributed by atoms with Crippen LogP contribution in [0.25, 0.3) is 11.3 Å². The molecule has 9 nitrogen and oxygen atoms in total. The summed E-state index contributed by atoms with van der Waals surface area (Å²) in [6, 6.07) is 10.1. The number of hydrogen-bond acceptors (Lipinski definition) is 7. The summed E-state index contributed by atoms with van der Waals surface area (Å²) in [5.74, 6) is -0.104. The number of hydrogen-bond donors (Lipinski definition) is 1. The van der Waals surface area contributed by atoms with E-state index < -0.39 is 18.4 Å². The summed E-state index contributed by atoms with van der Waals surface area (Å²) in [7, 11) is 4.17. The highest BCUT2D eigenvalue weighted by Crippen LogP contribution is 2.28. The number of carbonyl (C=O) groups excluding carboxylic acids is 2. The van der Waals surface area contributed by atoms with E-state index >= 15 is 0 Å². The van der Waals surface area contributed by atoms with Gasteiger partial charge >= 0.3 is 12.5 Å². The highest BCUT2D eigenvalue weighted by molar-refractivity contribution is 7.07. The smallest absolute Gasteiger partial charge is 0.497 e. The second-order valence-corrected chi connectivity index (χ2v) is 8.22. The van der Waals surface area contributed by atoms with Gasteiger partial charge in [0.05, 0.1) is 32.6 Å². The molecule has 0 atom stereocenters. The third-order valence-electron chi connectivity index (χ3n) is 5.03. The summed E-state index contributed by atoms with van der Waals surface area (Å²) in [4.78, 5) is 29.0. The molecule has 2 amide bonds. The van der Waals surface area contributed by atoms with Crippen molar-refractivity contribution < 1.29 is 41.7 Å². The number of alkyl halides is 3. The molecule has 13 heteroatoms. The third-order valence-corrected chi connectivity index (χ3v) is 5.89. The Balaban J connectivity index is 1.96. The average Bonchev–Trinajstić information content (AvgIpc) is 3.27. The molecule has 3 rings (SSSR count). The van der Waals surface area contributed by atoms with Crippen LogP contribution in [0.5, 0.6) is 17.2 Å². The summed E-state index contributed by atoms with van der Waals surface area (Å²) in [5.41, 5.74) is 1.43. The standard InChI is InChI=1S/C24H24F3N3O6S/c1-33-17-9-10-18(20(13-17)34-2)21(31)29-22-30(12-4-11-28-23(32)35-3)19(14-37-22)15-5-7-16(8-6-15)36-24(25,26)27/h5-10,13-14H,4,11-12H2,1-3H3,(H,28,32). The van der Waals surface area contributed by atoms with E-state index in [2.05, 4.69) is 19.8 Å². The zero-order valence-electron chi connectivity index (χ0n) is 20.1. The Hall–Kier alpha value is -4.00. The molecule has 0 fully saturated rings. The fourth-order valence-electron chi connectivity index (χ4n) is 3.31. The monoisotopic (exact) mass is 539 g/mol. The summed E-state index contributed by atoms with van der Waals surface area (Å²) in [6.45, 7) is 0.627. The van der Waals surface area contributed by atoms with E-state index in [9.17, 15) is 22.8 Å². The molecule has 0 unspecified atom stereocenters. The van der Waals surface area contributed by atoms with Gasteiger partial charge in [0.2, 0.25) is 0 Å². The van der Waals surface area contributed by atoms with Gasteiger partial charge in [0.15, 0.2) is 4.80 Å². The number of alkyl carbamates (subject to hydrolysis) is 1. The normalized spacial score (nSPS) is 11.7. The molecule has 198 valence electrons. The van der Waals surface area contributed by atoms with E-state index in [0.29, 0.717) is 40.5 Å². The molecule has 0 saturated heterocycles. The second kappa shape index (κ2) is 12.3. The van der Waals surface area contributed by atoms with Crippen molar-refractivity contribution in [2.45, 2.75) is 19.3 Å². The quantitative estimate of drug-likeness (QED) is 0.399. The van der Waals surface area contributed by atoms with E-state index in [1.165, 1.54) is 56.9 Å². The molecule has 0 bridgehead atoms. The first kappa shape index (κ1) is 27.6.